The Morgan fingerprint density at radius 2 is 2.23 bits per heavy atom. The monoisotopic (exact) mass is 407 g/mol. The number of benzene rings is 1. The van der Waals surface area contributed by atoms with Gasteiger partial charge in [-0.25, -0.2) is 22.9 Å². The molecule has 1 amide bonds. The fourth-order valence-electron chi connectivity index (χ4n) is 2.47. The van der Waals surface area contributed by atoms with Crippen LogP contribution in [0.3, 0.4) is 0 Å². The van der Waals surface area contributed by atoms with E-state index in [0.29, 0.717) is 19.8 Å². The third kappa shape index (κ3) is 3.14. The van der Waals surface area contributed by atoms with Gasteiger partial charge < -0.3 is 0 Å². The van der Waals surface area contributed by atoms with Gasteiger partial charge in [0.1, 0.15) is 5.82 Å². The summed E-state index contributed by atoms with van der Waals surface area (Å²) in [4.78, 5) is 17.9. The molecule has 0 aliphatic carbocycles. The van der Waals surface area contributed by atoms with Gasteiger partial charge in [0.2, 0.25) is 15.9 Å². The first kappa shape index (κ1) is 15.8. The Morgan fingerprint density at radius 3 is 2.91 bits per heavy atom. The number of carbonyl (C=O) groups is 1. The maximum Gasteiger partial charge on any atom is 0.229 e. The van der Waals surface area contributed by atoms with Gasteiger partial charge in [-0.15, -0.1) is 0 Å². The Kier molecular flexibility index (Phi) is 3.96. The van der Waals surface area contributed by atoms with Crippen LogP contribution in [0.5, 0.6) is 0 Å². The molecular weight excluding hydrogens is 397 g/mol. The predicted octanol–water partition coefficient (Wildman–Crippen LogP) is 1.84. The first-order valence-corrected chi connectivity index (χ1v) is 9.62. The van der Waals surface area contributed by atoms with E-state index in [4.69, 9.17) is 5.14 Å². The first-order chi connectivity index (χ1) is 10.2. The molecular formula is C12H11BrFN3O3S2. The van der Waals surface area contributed by atoms with Crippen LogP contribution in [0.15, 0.2) is 16.6 Å². The maximum atomic E-state index is 13.4. The van der Waals surface area contributed by atoms with Gasteiger partial charge in [-0.3, -0.25) is 9.69 Å². The lowest BCUT2D eigenvalue weighted by molar-refractivity contribution is -0.117. The SMILES string of the molecule is NS(=O)(=O)CC1CC(=O)N(c2nc3c(Br)cc(F)cc3s2)C1. The minimum absolute atomic E-state index is 0.113. The number of rotatable bonds is 3. The Morgan fingerprint density at radius 1 is 1.50 bits per heavy atom. The Bertz CT molecular complexity index is 868. The maximum absolute atomic E-state index is 13.4. The molecule has 0 spiro atoms. The Hall–Kier alpha value is -1.10. The highest BCUT2D eigenvalue weighted by atomic mass is 79.9. The molecule has 0 radical (unpaired) electrons. The van der Waals surface area contributed by atoms with Gasteiger partial charge in [-0.05, 0) is 28.1 Å². The number of thiazole rings is 1. The number of primary sulfonamides is 1. The van der Waals surface area contributed by atoms with Crippen molar-refractivity contribution < 1.29 is 17.6 Å². The summed E-state index contributed by atoms with van der Waals surface area (Å²) in [5, 5.41) is 5.46. The van der Waals surface area contributed by atoms with Crippen LogP contribution in [0.25, 0.3) is 10.2 Å². The van der Waals surface area contributed by atoms with E-state index in [1.54, 1.807) is 0 Å². The molecule has 22 heavy (non-hydrogen) atoms. The lowest BCUT2D eigenvalue weighted by Crippen LogP contribution is -2.27. The molecule has 10 heteroatoms. The number of sulfonamides is 1. The molecule has 1 unspecified atom stereocenters. The minimum Gasteiger partial charge on any atom is -0.288 e. The first-order valence-electron chi connectivity index (χ1n) is 6.29. The summed E-state index contributed by atoms with van der Waals surface area (Å²) in [6.07, 6.45) is 0.113. The molecule has 1 fully saturated rings. The highest BCUT2D eigenvalue weighted by Crippen LogP contribution is 2.36. The van der Waals surface area contributed by atoms with E-state index >= 15 is 0 Å². The molecule has 1 saturated heterocycles. The van der Waals surface area contributed by atoms with E-state index in [1.807, 2.05) is 0 Å². The Balaban J connectivity index is 1.91. The molecule has 1 aromatic carbocycles. The van der Waals surface area contributed by atoms with Gasteiger partial charge in [0.05, 0.1) is 16.0 Å². The molecule has 6 nitrogen and oxygen atoms in total. The number of amides is 1. The molecule has 0 saturated carbocycles. The predicted molar refractivity (Wildman–Crippen MR) is 85.7 cm³/mol. The lowest BCUT2D eigenvalue weighted by Gasteiger charge is -2.12. The van der Waals surface area contributed by atoms with Crippen LogP contribution in [0.1, 0.15) is 6.42 Å². The van der Waals surface area contributed by atoms with E-state index in [9.17, 15) is 17.6 Å². The summed E-state index contributed by atoms with van der Waals surface area (Å²) in [6.45, 7) is 0.245. The van der Waals surface area contributed by atoms with Gasteiger partial charge in [0.15, 0.2) is 5.13 Å². The number of hydrogen-bond donors (Lipinski definition) is 1. The van der Waals surface area contributed by atoms with E-state index in [0.717, 1.165) is 0 Å². The van der Waals surface area contributed by atoms with Gasteiger partial charge in [0, 0.05) is 23.4 Å². The van der Waals surface area contributed by atoms with E-state index in [1.165, 1.54) is 28.4 Å². The lowest BCUT2D eigenvalue weighted by atomic mass is 10.1. The van der Waals surface area contributed by atoms with Crippen molar-refractivity contribution in [3.63, 3.8) is 0 Å². The molecule has 2 N–H and O–H groups in total. The zero-order valence-corrected chi connectivity index (χ0v) is 14.3. The van der Waals surface area contributed by atoms with Crippen LogP contribution in [0.4, 0.5) is 9.52 Å². The highest BCUT2D eigenvalue weighted by Gasteiger charge is 2.34. The molecule has 3 rings (SSSR count). The fraction of sp³-hybridized carbons (Fsp3) is 0.333. The summed E-state index contributed by atoms with van der Waals surface area (Å²) in [5.74, 6) is -1.19. The van der Waals surface area contributed by atoms with Crippen molar-refractivity contribution in [1.82, 2.24) is 4.98 Å². The van der Waals surface area contributed by atoms with Gasteiger partial charge in [0.25, 0.3) is 0 Å². The summed E-state index contributed by atoms with van der Waals surface area (Å²) >= 11 is 4.43. The van der Waals surface area contributed by atoms with Gasteiger partial charge in [-0.2, -0.15) is 0 Å². The highest BCUT2D eigenvalue weighted by molar-refractivity contribution is 9.10. The summed E-state index contributed by atoms with van der Waals surface area (Å²) in [5.41, 5.74) is 0.573. The van der Waals surface area contributed by atoms with Crippen LogP contribution >= 0.6 is 27.3 Å². The van der Waals surface area contributed by atoms with Crippen molar-refractivity contribution in [2.45, 2.75) is 6.42 Å². The molecule has 2 aromatic rings. The third-order valence-electron chi connectivity index (χ3n) is 3.31. The normalized spacial score (nSPS) is 19.3. The quantitative estimate of drug-likeness (QED) is 0.839. The van der Waals surface area contributed by atoms with Gasteiger partial charge >= 0.3 is 0 Å². The number of carbonyl (C=O) groups excluding carboxylic acids is 1. The molecule has 1 atom stereocenters. The number of anilines is 1. The average molecular weight is 408 g/mol. The smallest absolute Gasteiger partial charge is 0.229 e. The van der Waals surface area contributed by atoms with Crippen LogP contribution in [0, 0.1) is 11.7 Å². The summed E-state index contributed by atoms with van der Waals surface area (Å²) in [7, 11) is -3.63. The van der Waals surface area contributed by atoms with Crippen molar-refractivity contribution in [2.75, 3.05) is 17.2 Å². The number of nitrogens with zero attached hydrogens (tertiary/aromatic N) is 2. The van der Waals surface area contributed by atoms with Crippen LogP contribution in [0.2, 0.25) is 0 Å². The van der Waals surface area contributed by atoms with Crippen molar-refractivity contribution in [1.29, 1.82) is 0 Å². The van der Waals surface area contributed by atoms with Gasteiger partial charge in [-0.1, -0.05) is 11.3 Å². The zero-order chi connectivity index (χ0) is 16.1. The third-order valence-corrected chi connectivity index (χ3v) is 5.87. The zero-order valence-electron chi connectivity index (χ0n) is 11.1. The van der Waals surface area contributed by atoms with Crippen molar-refractivity contribution >= 4 is 58.5 Å². The van der Waals surface area contributed by atoms with Crippen molar-refractivity contribution in [2.24, 2.45) is 11.1 Å². The van der Waals surface area contributed by atoms with Crippen LogP contribution < -0.4 is 10.0 Å². The minimum atomic E-state index is -3.63. The molecule has 1 aliphatic heterocycles. The topological polar surface area (TPSA) is 93.4 Å². The van der Waals surface area contributed by atoms with Crippen LogP contribution in [-0.4, -0.2) is 31.6 Å². The molecule has 1 aromatic heterocycles. The molecule has 1 aliphatic rings. The number of nitrogens with two attached hydrogens (primary N) is 1. The fourth-order valence-corrected chi connectivity index (χ4v) is 5.04. The second kappa shape index (κ2) is 5.52. The van der Waals surface area contributed by atoms with Crippen molar-refractivity contribution in [3.8, 4) is 0 Å². The van der Waals surface area contributed by atoms with E-state index < -0.39 is 15.8 Å². The summed E-state index contributed by atoms with van der Waals surface area (Å²) < 4.78 is 36.8. The number of fused-ring (bicyclic) bond motifs is 1. The van der Waals surface area contributed by atoms with Crippen LogP contribution in [-0.2, 0) is 14.8 Å². The standard InChI is InChI=1S/C12H11BrFN3O3S2/c13-8-2-7(14)3-9-11(8)16-12(21-9)17-4-6(1-10(17)18)5-22(15,19)20/h2-3,6H,1,4-5H2,(H2,15,19,20). The second-order valence-electron chi connectivity index (χ2n) is 5.13. The second-order valence-corrected chi connectivity index (χ2v) is 8.66. The number of aromatic nitrogens is 1. The molecule has 0 bridgehead atoms. The van der Waals surface area contributed by atoms with Crippen molar-refractivity contribution in [3.05, 3.63) is 22.4 Å². The van der Waals surface area contributed by atoms with E-state index in [-0.39, 0.29) is 30.5 Å². The largest absolute Gasteiger partial charge is 0.288 e. The molecule has 118 valence electrons. The average Bonchev–Trinajstić information content (AvgIpc) is 2.90. The molecule has 2 heterocycles. The summed E-state index contributed by atoms with van der Waals surface area (Å²) in [6, 6.07) is 2.66. The Labute approximate surface area is 138 Å². The number of halogens is 2. The van der Waals surface area contributed by atoms with E-state index in [2.05, 4.69) is 20.9 Å². The number of hydrogen-bond acceptors (Lipinski definition) is 5.